The highest BCUT2D eigenvalue weighted by molar-refractivity contribution is 9.09. The Morgan fingerprint density at radius 2 is 1.95 bits per heavy atom. The van der Waals surface area contributed by atoms with Gasteiger partial charge in [0.05, 0.1) is 23.2 Å². The molecule has 1 aliphatic carbocycles. The molecule has 1 saturated carbocycles. The number of carbonyl (C=O) groups excluding carboxylic acids is 3. The Hall–Kier alpha value is -1.32. The second-order valence-corrected chi connectivity index (χ2v) is 13.5. The number of unbranched alkanes of at least 4 members (excludes halogenated alkanes) is 2. The number of esters is 1. The van der Waals surface area contributed by atoms with Crippen molar-refractivity contribution >= 4 is 45.5 Å². The van der Waals surface area contributed by atoms with Gasteiger partial charge in [-0.3, -0.25) is 14.4 Å². The first-order chi connectivity index (χ1) is 17.9. The number of nitrogens with zero attached hydrogens (tertiary/aromatic N) is 2. The van der Waals surface area contributed by atoms with E-state index in [0.29, 0.717) is 45.4 Å². The van der Waals surface area contributed by atoms with E-state index in [1.165, 1.54) is 6.42 Å². The average molecular weight is 598 g/mol. The fraction of sp³-hybridized carbons (Fsp3) is 0.750. The van der Waals surface area contributed by atoms with Gasteiger partial charge in [-0.05, 0) is 44.9 Å². The zero-order chi connectivity index (χ0) is 26.6. The van der Waals surface area contributed by atoms with Crippen LogP contribution in [0, 0.1) is 11.8 Å². The number of carbonyl (C=O) groups is 3. The van der Waals surface area contributed by atoms with Gasteiger partial charge >= 0.3 is 5.97 Å². The number of allylic oxidation sites excluding steroid dienone is 1. The molecule has 9 heteroatoms. The first kappa shape index (κ1) is 28.7. The van der Waals surface area contributed by atoms with Gasteiger partial charge in [-0.1, -0.05) is 47.3 Å². The minimum Gasteiger partial charge on any atom is -0.465 e. The summed E-state index contributed by atoms with van der Waals surface area (Å²) in [6.07, 6.45) is 12.2. The number of alkyl halides is 1. The van der Waals surface area contributed by atoms with Crippen molar-refractivity contribution < 1.29 is 24.2 Å². The molecule has 0 aromatic heterocycles. The Labute approximate surface area is 233 Å². The molecule has 2 bridgehead atoms. The lowest BCUT2D eigenvalue weighted by Crippen LogP contribution is -2.57. The first-order valence-electron chi connectivity index (χ1n) is 13.8. The molecule has 3 aliphatic heterocycles. The van der Waals surface area contributed by atoms with Crippen LogP contribution in [0.25, 0.3) is 0 Å². The van der Waals surface area contributed by atoms with Crippen LogP contribution in [0.15, 0.2) is 25.3 Å². The van der Waals surface area contributed by atoms with Gasteiger partial charge in [0.25, 0.3) is 0 Å². The zero-order valence-corrected chi connectivity index (χ0v) is 24.1. The third kappa shape index (κ3) is 5.42. The van der Waals surface area contributed by atoms with E-state index < -0.39 is 22.6 Å². The lowest BCUT2D eigenvalue weighted by atomic mass is 9.71. The standard InChI is InChI=1S/C28H41BrN2O5S/c1-3-5-11-17-36-27(35)21-22-25(33)31(15-9-10-16-32)24(28(22)18-20(29)23(21)37-28)26(34)30(14-4-2)19-12-7-6-8-13-19/h3-4,19-24,32H,1-2,5-18H2/t20?,21-,22+,23-,24?,28?/m1/s1. The third-order valence-corrected chi connectivity index (χ3v) is 11.7. The molecular formula is C28H41BrN2O5S. The molecule has 0 radical (unpaired) electrons. The number of amides is 2. The summed E-state index contributed by atoms with van der Waals surface area (Å²) in [7, 11) is 0. The van der Waals surface area contributed by atoms with Crippen LogP contribution in [0.3, 0.4) is 0 Å². The maximum atomic E-state index is 14.5. The highest BCUT2D eigenvalue weighted by Gasteiger charge is 2.76. The monoisotopic (exact) mass is 596 g/mol. The molecular weight excluding hydrogens is 556 g/mol. The van der Waals surface area contributed by atoms with Crippen LogP contribution >= 0.6 is 27.7 Å². The van der Waals surface area contributed by atoms with Crippen LogP contribution in [-0.4, -0.2) is 85.9 Å². The number of rotatable bonds is 13. The summed E-state index contributed by atoms with van der Waals surface area (Å²) in [6, 6.07) is -0.475. The third-order valence-electron chi connectivity index (χ3n) is 8.52. The maximum absolute atomic E-state index is 14.5. The molecule has 1 N–H and O–H groups in total. The Morgan fingerprint density at radius 3 is 2.62 bits per heavy atom. The van der Waals surface area contributed by atoms with E-state index in [0.717, 1.165) is 32.1 Å². The molecule has 3 heterocycles. The molecule has 3 saturated heterocycles. The van der Waals surface area contributed by atoms with Crippen molar-refractivity contribution in [3.05, 3.63) is 25.3 Å². The number of aliphatic hydroxyl groups is 1. The number of halogens is 1. The summed E-state index contributed by atoms with van der Waals surface area (Å²) in [6.45, 7) is 8.84. The molecule has 206 valence electrons. The summed E-state index contributed by atoms with van der Waals surface area (Å²) < 4.78 is 5.00. The molecule has 3 unspecified atom stereocenters. The smallest absolute Gasteiger partial charge is 0.310 e. The van der Waals surface area contributed by atoms with E-state index in [4.69, 9.17) is 4.74 Å². The number of hydrogen-bond donors (Lipinski definition) is 1. The predicted molar refractivity (Wildman–Crippen MR) is 149 cm³/mol. The van der Waals surface area contributed by atoms with Crippen LogP contribution < -0.4 is 0 Å². The molecule has 4 rings (SSSR count). The summed E-state index contributed by atoms with van der Waals surface area (Å²) >= 11 is 5.46. The molecule has 0 aromatic carbocycles. The van der Waals surface area contributed by atoms with Gasteiger partial charge in [0.2, 0.25) is 11.8 Å². The van der Waals surface area contributed by atoms with Crippen LogP contribution in [0.4, 0.5) is 0 Å². The van der Waals surface area contributed by atoms with E-state index >= 15 is 0 Å². The van der Waals surface area contributed by atoms with Crippen molar-refractivity contribution in [1.29, 1.82) is 0 Å². The maximum Gasteiger partial charge on any atom is 0.310 e. The summed E-state index contributed by atoms with van der Waals surface area (Å²) in [5.41, 5.74) is 0. The number of fused-ring (bicyclic) bond motifs is 1. The van der Waals surface area contributed by atoms with Gasteiger partial charge in [0, 0.05) is 35.8 Å². The van der Waals surface area contributed by atoms with Gasteiger partial charge in [0.1, 0.15) is 6.04 Å². The van der Waals surface area contributed by atoms with Crippen LogP contribution in [0.2, 0.25) is 0 Å². The Morgan fingerprint density at radius 1 is 1.19 bits per heavy atom. The molecule has 6 atom stereocenters. The minimum absolute atomic E-state index is 0.0144. The van der Waals surface area contributed by atoms with Crippen LogP contribution in [0.1, 0.15) is 64.2 Å². The molecule has 1 spiro atoms. The molecule has 7 nitrogen and oxygen atoms in total. The van der Waals surface area contributed by atoms with Crippen molar-refractivity contribution in [1.82, 2.24) is 9.80 Å². The number of hydrogen-bond acceptors (Lipinski definition) is 6. The van der Waals surface area contributed by atoms with Gasteiger partial charge in [-0.2, -0.15) is 0 Å². The van der Waals surface area contributed by atoms with Gasteiger partial charge in [-0.15, -0.1) is 24.9 Å². The highest BCUT2D eigenvalue weighted by Crippen LogP contribution is 2.68. The Balaban J connectivity index is 1.66. The fourth-order valence-corrected chi connectivity index (χ4v) is 10.5. The number of likely N-dealkylation sites (tertiary alicyclic amines) is 1. The normalized spacial score (nSPS) is 32.9. The quantitative estimate of drug-likeness (QED) is 0.149. The SMILES string of the molecule is C=CCCCOC(=O)[C@H]1[C@@H]2SC3(CC2Br)C(C(=O)N(CC=C)C2CCCCC2)N(CCCCO)C(=O)[C@H]13. The van der Waals surface area contributed by atoms with E-state index in [9.17, 15) is 19.5 Å². The van der Waals surface area contributed by atoms with Crippen molar-refractivity contribution in [2.45, 2.75) is 91.1 Å². The molecule has 4 aliphatic rings. The second kappa shape index (κ2) is 12.7. The highest BCUT2D eigenvalue weighted by atomic mass is 79.9. The molecule has 4 fully saturated rings. The molecule has 0 aromatic rings. The van der Waals surface area contributed by atoms with Crippen LogP contribution in [0.5, 0.6) is 0 Å². The van der Waals surface area contributed by atoms with E-state index in [2.05, 4.69) is 29.1 Å². The first-order valence-corrected chi connectivity index (χ1v) is 15.6. The van der Waals surface area contributed by atoms with Crippen molar-refractivity contribution in [2.24, 2.45) is 11.8 Å². The largest absolute Gasteiger partial charge is 0.465 e. The Kier molecular flexibility index (Phi) is 9.84. The van der Waals surface area contributed by atoms with Crippen molar-refractivity contribution in [3.8, 4) is 0 Å². The summed E-state index contributed by atoms with van der Waals surface area (Å²) in [4.78, 5) is 45.6. The topological polar surface area (TPSA) is 87.2 Å². The number of thioether (sulfide) groups is 1. The lowest BCUT2D eigenvalue weighted by molar-refractivity contribution is -0.154. The fourth-order valence-electron chi connectivity index (χ4n) is 6.92. The van der Waals surface area contributed by atoms with Crippen molar-refractivity contribution in [3.63, 3.8) is 0 Å². The zero-order valence-electron chi connectivity index (χ0n) is 21.7. The molecule has 37 heavy (non-hydrogen) atoms. The van der Waals surface area contributed by atoms with Gasteiger partial charge in [0.15, 0.2) is 0 Å². The van der Waals surface area contributed by atoms with E-state index in [1.54, 1.807) is 28.8 Å². The van der Waals surface area contributed by atoms with E-state index in [1.807, 2.05) is 4.90 Å². The number of aliphatic hydroxyl groups excluding tert-OH is 1. The summed E-state index contributed by atoms with van der Waals surface area (Å²) in [5, 5.41) is 9.28. The van der Waals surface area contributed by atoms with Gasteiger partial charge < -0.3 is 19.6 Å². The van der Waals surface area contributed by atoms with Crippen LogP contribution in [-0.2, 0) is 19.1 Å². The lowest BCUT2D eigenvalue weighted by Gasteiger charge is -2.41. The Bertz CT molecular complexity index is 881. The predicted octanol–water partition coefficient (Wildman–Crippen LogP) is 4.08. The average Bonchev–Trinajstić information content (AvgIpc) is 3.49. The van der Waals surface area contributed by atoms with E-state index in [-0.39, 0.29) is 40.5 Å². The van der Waals surface area contributed by atoms with Crippen molar-refractivity contribution in [2.75, 3.05) is 26.3 Å². The number of ether oxygens (including phenoxy) is 1. The minimum atomic E-state index is -0.662. The summed E-state index contributed by atoms with van der Waals surface area (Å²) in [5.74, 6) is -1.59. The van der Waals surface area contributed by atoms with Gasteiger partial charge in [-0.25, -0.2) is 0 Å². The second-order valence-electron chi connectivity index (χ2n) is 10.8. The molecule has 2 amide bonds.